The number of nitrogens with zero attached hydrogens (tertiary/aromatic N) is 8. The number of carbonyl (C=O) groups is 4. The Labute approximate surface area is 306 Å². The third kappa shape index (κ3) is 5.05. The van der Waals surface area contributed by atoms with E-state index in [1.165, 1.54) is 28.9 Å². The Morgan fingerprint density at radius 1 is 0.759 bits per heavy atom. The molecule has 2 bridgehead atoms. The number of fused-ring (bicyclic) bond motifs is 2. The van der Waals surface area contributed by atoms with Crippen molar-refractivity contribution in [3.8, 4) is 11.9 Å². The van der Waals surface area contributed by atoms with Crippen molar-refractivity contribution in [3.63, 3.8) is 0 Å². The van der Waals surface area contributed by atoms with Gasteiger partial charge in [0.15, 0.2) is 0 Å². The number of piperazine rings is 1. The predicted octanol–water partition coefficient (Wildman–Crippen LogP) is 0.282. The largest absolute Gasteiger partial charge is 0.469 e. The van der Waals surface area contributed by atoms with Crippen molar-refractivity contribution in [1.29, 1.82) is 0 Å². The highest BCUT2D eigenvalue weighted by Crippen LogP contribution is 2.74. The second kappa shape index (κ2) is 12.0. The molecule has 0 spiro atoms. The molecule has 5 heterocycles. The van der Waals surface area contributed by atoms with E-state index in [4.69, 9.17) is 9.47 Å². The first-order valence-corrected chi connectivity index (χ1v) is 18.1. The highest BCUT2D eigenvalue weighted by atomic mass is 16.5. The Balaban J connectivity index is 0.838. The monoisotopic (exact) mass is 738 g/mol. The van der Waals surface area contributed by atoms with Gasteiger partial charge in [0.05, 0.1) is 58.7 Å². The van der Waals surface area contributed by atoms with E-state index in [2.05, 4.69) is 30.1 Å². The molecular formula is C36H38N10O8. The zero-order valence-corrected chi connectivity index (χ0v) is 30.1. The smallest absolute Gasteiger partial charge is 0.341 e. The maximum Gasteiger partial charge on any atom is 0.341 e. The molecule has 0 radical (unpaired) electrons. The van der Waals surface area contributed by atoms with E-state index in [-0.39, 0.29) is 53.6 Å². The molecule has 0 aromatic carbocycles. The molecule has 5 aliphatic carbocycles. The van der Waals surface area contributed by atoms with Crippen LogP contribution in [-0.4, -0.2) is 112 Å². The zero-order chi connectivity index (χ0) is 37.7. The SMILES string of the molecule is COC(=O)C12CC(C(=O)N3CCN(C(=O)c4cnn(-c5nc6c(c(=O)[nH]5)CC(OC(=O)c5cnn(-c7nc8c(c(=O)[nH]7)CCC8)c5C)C6)c4C)CC3)(C1)C2. The fraction of sp³-hybridized carbons (Fsp3) is 0.500. The van der Waals surface area contributed by atoms with Gasteiger partial charge in [-0.05, 0) is 52.4 Å². The third-order valence-electron chi connectivity index (χ3n) is 12.0. The van der Waals surface area contributed by atoms with Crippen molar-refractivity contribution >= 4 is 23.8 Å². The molecule has 4 fully saturated rings. The van der Waals surface area contributed by atoms with Crippen molar-refractivity contribution in [1.82, 2.24) is 49.3 Å². The van der Waals surface area contributed by atoms with Gasteiger partial charge >= 0.3 is 11.9 Å². The molecule has 1 atom stereocenters. The summed E-state index contributed by atoms with van der Waals surface area (Å²) in [6, 6.07) is 0. The molecule has 2 N–H and O–H groups in total. The van der Waals surface area contributed by atoms with Crippen molar-refractivity contribution < 1.29 is 28.7 Å². The van der Waals surface area contributed by atoms with E-state index >= 15 is 0 Å². The standard InChI is InChI=1S/C36H38N10O8/c1-18-23(29(49)43-7-9-44(10-8-43)31(51)35-15-36(16-35,17-35)32(52)53-3)13-37-45(18)34-40-26-12-20(11-22(26)28(48)42-34)54-30(50)24-14-38-46(19(24)2)33-39-25-6-4-5-21(25)27(47)41-33/h13-14,20H,4-12,15-17H2,1-3H3,(H,39,41,47)(H,40,42,48). The number of aromatic nitrogens is 8. The van der Waals surface area contributed by atoms with Gasteiger partial charge in [0, 0.05) is 50.1 Å². The van der Waals surface area contributed by atoms with Crippen LogP contribution in [0.15, 0.2) is 22.0 Å². The molecule has 1 saturated heterocycles. The van der Waals surface area contributed by atoms with E-state index < -0.39 is 28.5 Å². The number of methoxy groups -OCH3 is 1. The van der Waals surface area contributed by atoms with Crippen LogP contribution in [0.2, 0.25) is 0 Å². The second-order valence-corrected chi connectivity index (χ2v) is 15.2. The highest BCUT2D eigenvalue weighted by molar-refractivity contribution is 5.96. The Kier molecular flexibility index (Phi) is 7.55. The molecule has 3 saturated carbocycles. The lowest BCUT2D eigenvalue weighted by atomic mass is 9.34. The van der Waals surface area contributed by atoms with Gasteiger partial charge in [-0.15, -0.1) is 0 Å². The molecule has 2 amide bonds. The average Bonchev–Trinajstić information content (AvgIpc) is 3.93. The minimum absolute atomic E-state index is 0.0425. The van der Waals surface area contributed by atoms with Crippen LogP contribution >= 0.6 is 0 Å². The number of hydrogen-bond donors (Lipinski definition) is 2. The molecule has 4 aromatic rings. The van der Waals surface area contributed by atoms with Crippen molar-refractivity contribution in [2.75, 3.05) is 33.3 Å². The minimum Gasteiger partial charge on any atom is -0.469 e. The van der Waals surface area contributed by atoms with Crippen LogP contribution in [0.4, 0.5) is 0 Å². The molecule has 1 aliphatic heterocycles. The maximum atomic E-state index is 13.6. The van der Waals surface area contributed by atoms with E-state index in [0.29, 0.717) is 92.1 Å². The summed E-state index contributed by atoms with van der Waals surface area (Å²) >= 11 is 0. The van der Waals surface area contributed by atoms with Crippen LogP contribution < -0.4 is 11.1 Å². The van der Waals surface area contributed by atoms with Crippen LogP contribution in [-0.2, 0) is 44.7 Å². The van der Waals surface area contributed by atoms with Gasteiger partial charge in [-0.25, -0.2) is 24.1 Å². The summed E-state index contributed by atoms with van der Waals surface area (Å²) in [6.45, 7) is 4.90. The number of H-pyrrole nitrogens is 2. The summed E-state index contributed by atoms with van der Waals surface area (Å²) in [6.07, 6.45) is 6.37. The van der Waals surface area contributed by atoms with Crippen molar-refractivity contribution in [2.24, 2.45) is 10.8 Å². The highest BCUT2D eigenvalue weighted by Gasteiger charge is 2.76. The summed E-state index contributed by atoms with van der Waals surface area (Å²) in [5, 5.41) is 8.66. The zero-order valence-electron chi connectivity index (χ0n) is 30.1. The predicted molar refractivity (Wildman–Crippen MR) is 185 cm³/mol. The van der Waals surface area contributed by atoms with Gasteiger partial charge in [-0.3, -0.25) is 33.9 Å². The Morgan fingerprint density at radius 3 is 2.02 bits per heavy atom. The average molecular weight is 739 g/mol. The third-order valence-corrected chi connectivity index (χ3v) is 12.0. The van der Waals surface area contributed by atoms with E-state index in [9.17, 15) is 28.8 Å². The summed E-state index contributed by atoms with van der Waals surface area (Å²) in [7, 11) is 1.37. The molecule has 4 aromatic heterocycles. The first-order chi connectivity index (χ1) is 25.9. The number of carbonyl (C=O) groups excluding carboxylic acids is 4. The summed E-state index contributed by atoms with van der Waals surface area (Å²) in [4.78, 5) is 96.2. The lowest BCUT2D eigenvalue weighted by Gasteiger charge is -2.67. The van der Waals surface area contributed by atoms with Crippen molar-refractivity contribution in [2.45, 2.75) is 71.3 Å². The number of nitrogens with one attached hydrogen (secondary N) is 2. The number of amides is 2. The van der Waals surface area contributed by atoms with Crippen LogP contribution in [0.5, 0.6) is 0 Å². The number of rotatable bonds is 7. The van der Waals surface area contributed by atoms with Crippen LogP contribution in [0, 0.1) is 24.7 Å². The fourth-order valence-corrected chi connectivity index (χ4v) is 9.08. The Bertz CT molecular complexity index is 2400. The lowest BCUT2D eigenvalue weighted by Crippen LogP contribution is -2.71. The molecule has 280 valence electrons. The topological polar surface area (TPSA) is 220 Å². The maximum absolute atomic E-state index is 13.6. The van der Waals surface area contributed by atoms with Gasteiger partial charge in [0.25, 0.3) is 17.0 Å². The van der Waals surface area contributed by atoms with Crippen molar-refractivity contribution in [3.05, 3.63) is 78.1 Å². The number of ether oxygens (including phenoxy) is 2. The second-order valence-electron chi connectivity index (χ2n) is 15.2. The molecule has 6 aliphatic rings. The normalized spacial score (nSPS) is 23.6. The summed E-state index contributed by atoms with van der Waals surface area (Å²) < 4.78 is 13.5. The molecular weight excluding hydrogens is 700 g/mol. The number of hydrogen-bond acceptors (Lipinski definition) is 12. The Morgan fingerprint density at radius 2 is 1.35 bits per heavy atom. The molecule has 18 nitrogen and oxygen atoms in total. The van der Waals surface area contributed by atoms with Gasteiger partial charge in [-0.2, -0.15) is 10.2 Å². The van der Waals surface area contributed by atoms with Gasteiger partial charge in [0.1, 0.15) is 11.7 Å². The Hall–Kier alpha value is -5.94. The first-order valence-electron chi connectivity index (χ1n) is 18.1. The van der Waals surface area contributed by atoms with E-state index in [1.807, 2.05) is 0 Å². The van der Waals surface area contributed by atoms with E-state index in [1.54, 1.807) is 23.6 Å². The number of esters is 2. The summed E-state index contributed by atoms with van der Waals surface area (Å²) in [5.41, 5.74) is 2.19. The van der Waals surface area contributed by atoms with Gasteiger partial charge in [-0.1, -0.05) is 0 Å². The fourth-order valence-electron chi connectivity index (χ4n) is 9.08. The molecule has 18 heteroatoms. The molecule has 1 unspecified atom stereocenters. The van der Waals surface area contributed by atoms with Crippen LogP contribution in [0.1, 0.15) is 80.3 Å². The number of aromatic amines is 2. The molecule has 54 heavy (non-hydrogen) atoms. The summed E-state index contributed by atoms with van der Waals surface area (Å²) in [5.74, 6) is -0.699. The lowest BCUT2D eigenvalue weighted by molar-refractivity contribution is -0.228. The number of aryl methyl sites for hydroxylation is 1. The first kappa shape index (κ1) is 33.9. The quantitative estimate of drug-likeness (QED) is 0.244. The van der Waals surface area contributed by atoms with Gasteiger partial charge in [0.2, 0.25) is 17.8 Å². The van der Waals surface area contributed by atoms with E-state index in [0.717, 1.165) is 12.1 Å². The van der Waals surface area contributed by atoms with Crippen LogP contribution in [0.3, 0.4) is 0 Å². The van der Waals surface area contributed by atoms with Crippen LogP contribution in [0.25, 0.3) is 11.9 Å². The molecule has 10 rings (SSSR count). The van der Waals surface area contributed by atoms with Gasteiger partial charge < -0.3 is 19.3 Å². The minimum atomic E-state index is -0.651.